The van der Waals surface area contributed by atoms with Gasteiger partial charge >= 0.3 is 5.97 Å². The zero-order valence-electron chi connectivity index (χ0n) is 14.5. The lowest BCUT2D eigenvalue weighted by Crippen LogP contribution is -2.08. The molecule has 0 aliphatic heterocycles. The molecule has 0 heterocycles. The van der Waals surface area contributed by atoms with Gasteiger partial charge in [0.2, 0.25) is 0 Å². The van der Waals surface area contributed by atoms with E-state index in [-0.39, 0.29) is 5.69 Å². The Morgan fingerprint density at radius 3 is 2.19 bits per heavy atom. The number of ether oxygens (including phenoxy) is 1. The van der Waals surface area contributed by atoms with Crippen LogP contribution in [-0.2, 0) is 0 Å². The van der Waals surface area contributed by atoms with E-state index in [0.717, 1.165) is 11.1 Å². The van der Waals surface area contributed by atoms with Crippen molar-refractivity contribution >= 4 is 23.6 Å². The molecule has 6 nitrogen and oxygen atoms in total. The number of rotatable bonds is 5. The molecular formula is C21H16N2O4. The first kappa shape index (κ1) is 18.0. The van der Waals surface area contributed by atoms with Gasteiger partial charge in [-0.15, -0.1) is 0 Å². The first-order chi connectivity index (χ1) is 13.0. The average molecular weight is 360 g/mol. The van der Waals surface area contributed by atoms with E-state index in [2.05, 4.69) is 4.99 Å². The Morgan fingerprint density at radius 2 is 1.59 bits per heavy atom. The van der Waals surface area contributed by atoms with Crippen LogP contribution in [0.4, 0.5) is 11.4 Å². The zero-order chi connectivity index (χ0) is 19.2. The molecular weight excluding hydrogens is 344 g/mol. The maximum absolute atomic E-state index is 12.2. The van der Waals surface area contributed by atoms with Crippen molar-refractivity contribution in [3.05, 3.63) is 99.6 Å². The summed E-state index contributed by atoms with van der Waals surface area (Å²) in [6.07, 6.45) is 1.62. The molecule has 134 valence electrons. The number of nitrogens with zero attached hydrogens (tertiary/aromatic N) is 2. The van der Waals surface area contributed by atoms with Gasteiger partial charge in [0.25, 0.3) is 5.69 Å². The van der Waals surface area contributed by atoms with Crippen LogP contribution in [0.5, 0.6) is 5.75 Å². The first-order valence-electron chi connectivity index (χ1n) is 8.19. The predicted octanol–water partition coefficient (Wildman–Crippen LogP) is 4.87. The third kappa shape index (κ3) is 4.85. The number of carbonyl (C=O) groups is 1. The molecule has 0 aromatic heterocycles. The van der Waals surface area contributed by atoms with E-state index in [1.54, 1.807) is 54.7 Å². The number of carbonyl (C=O) groups excluding carboxylic acids is 1. The Balaban J connectivity index is 1.64. The summed E-state index contributed by atoms with van der Waals surface area (Å²) >= 11 is 0. The van der Waals surface area contributed by atoms with Gasteiger partial charge in [-0.2, -0.15) is 0 Å². The van der Waals surface area contributed by atoms with Crippen LogP contribution in [0.2, 0.25) is 0 Å². The molecule has 0 saturated heterocycles. The summed E-state index contributed by atoms with van der Waals surface area (Å²) < 4.78 is 5.33. The Labute approximate surface area is 155 Å². The number of esters is 1. The standard InChI is InChI=1S/C21H16N2O4/c1-15-2-12-20(13-3-15)27-21(24)17-6-4-16(5-7-17)14-22-18-8-10-19(11-9-18)23(25)26/h2-14H,1H3. The Morgan fingerprint density at radius 1 is 0.963 bits per heavy atom. The normalized spacial score (nSPS) is 10.7. The minimum absolute atomic E-state index is 0.0189. The number of hydrogen-bond donors (Lipinski definition) is 0. The van der Waals surface area contributed by atoms with Crippen molar-refractivity contribution < 1.29 is 14.5 Å². The van der Waals surface area contributed by atoms with E-state index in [1.807, 2.05) is 19.1 Å². The van der Waals surface area contributed by atoms with Crippen molar-refractivity contribution in [1.82, 2.24) is 0 Å². The molecule has 0 N–H and O–H groups in total. The number of aryl methyl sites for hydroxylation is 1. The van der Waals surface area contributed by atoms with Gasteiger partial charge in [-0.05, 0) is 48.9 Å². The lowest BCUT2D eigenvalue weighted by molar-refractivity contribution is -0.384. The maximum atomic E-state index is 12.2. The van der Waals surface area contributed by atoms with Gasteiger partial charge in [-0.3, -0.25) is 15.1 Å². The number of hydrogen-bond acceptors (Lipinski definition) is 5. The predicted molar refractivity (Wildman–Crippen MR) is 103 cm³/mol. The molecule has 0 saturated carbocycles. The van der Waals surface area contributed by atoms with Gasteiger partial charge in [0.05, 0.1) is 16.2 Å². The summed E-state index contributed by atoms with van der Waals surface area (Å²) in [5.74, 6) is 0.0621. The Hall–Kier alpha value is -3.80. The largest absolute Gasteiger partial charge is 0.423 e. The molecule has 6 heteroatoms. The highest BCUT2D eigenvalue weighted by Crippen LogP contribution is 2.18. The molecule has 3 rings (SSSR count). The summed E-state index contributed by atoms with van der Waals surface area (Å²) in [6.45, 7) is 1.96. The van der Waals surface area contributed by atoms with E-state index in [0.29, 0.717) is 17.0 Å². The van der Waals surface area contributed by atoms with Crippen molar-refractivity contribution in [1.29, 1.82) is 0 Å². The van der Waals surface area contributed by atoms with Crippen LogP contribution in [0.25, 0.3) is 0 Å². The topological polar surface area (TPSA) is 81.8 Å². The SMILES string of the molecule is Cc1ccc(OC(=O)c2ccc(C=Nc3ccc([N+](=O)[O-])cc3)cc2)cc1. The van der Waals surface area contributed by atoms with Gasteiger partial charge < -0.3 is 4.74 Å². The van der Waals surface area contributed by atoms with Crippen LogP contribution >= 0.6 is 0 Å². The second-order valence-electron chi connectivity index (χ2n) is 5.86. The summed E-state index contributed by atoms with van der Waals surface area (Å²) in [5, 5.41) is 10.6. The minimum Gasteiger partial charge on any atom is -0.423 e. The highest BCUT2D eigenvalue weighted by atomic mass is 16.6. The number of nitro groups is 1. The summed E-state index contributed by atoms with van der Waals surface area (Å²) in [6, 6.07) is 20.0. The van der Waals surface area contributed by atoms with Crippen molar-refractivity contribution in [2.24, 2.45) is 4.99 Å². The lowest BCUT2D eigenvalue weighted by atomic mass is 10.1. The summed E-state index contributed by atoms with van der Waals surface area (Å²) in [7, 11) is 0. The van der Waals surface area contributed by atoms with Gasteiger partial charge in [0, 0.05) is 18.3 Å². The second kappa shape index (κ2) is 8.05. The van der Waals surface area contributed by atoms with Crippen LogP contribution in [0.3, 0.4) is 0 Å². The lowest BCUT2D eigenvalue weighted by Gasteiger charge is -2.05. The molecule has 0 aliphatic rings. The number of nitro benzene ring substituents is 1. The van der Waals surface area contributed by atoms with E-state index < -0.39 is 10.9 Å². The molecule has 0 fully saturated rings. The summed E-state index contributed by atoms with van der Waals surface area (Å²) in [4.78, 5) is 26.6. The van der Waals surface area contributed by atoms with Crippen LogP contribution in [0.1, 0.15) is 21.5 Å². The molecule has 0 aliphatic carbocycles. The molecule has 3 aromatic carbocycles. The monoisotopic (exact) mass is 360 g/mol. The number of benzene rings is 3. The van der Waals surface area contributed by atoms with Gasteiger partial charge in [-0.25, -0.2) is 4.79 Å². The molecule has 0 radical (unpaired) electrons. The third-order valence-electron chi connectivity index (χ3n) is 3.80. The molecule has 27 heavy (non-hydrogen) atoms. The van der Waals surface area contributed by atoms with Crippen molar-refractivity contribution in [2.45, 2.75) is 6.92 Å². The highest BCUT2D eigenvalue weighted by Gasteiger charge is 2.08. The fraction of sp³-hybridized carbons (Fsp3) is 0.0476. The average Bonchev–Trinajstić information content (AvgIpc) is 2.69. The van der Waals surface area contributed by atoms with Crippen molar-refractivity contribution in [3.8, 4) is 5.75 Å². The molecule has 3 aromatic rings. The van der Waals surface area contributed by atoms with Crippen LogP contribution in [-0.4, -0.2) is 17.1 Å². The van der Waals surface area contributed by atoms with Gasteiger partial charge in [0.1, 0.15) is 5.75 Å². The van der Waals surface area contributed by atoms with Crippen LogP contribution in [0.15, 0.2) is 77.8 Å². The molecule has 0 bridgehead atoms. The number of aliphatic imine (C=N–C) groups is 1. The van der Waals surface area contributed by atoms with E-state index >= 15 is 0 Å². The van der Waals surface area contributed by atoms with Crippen molar-refractivity contribution in [3.63, 3.8) is 0 Å². The fourth-order valence-electron chi connectivity index (χ4n) is 2.29. The summed E-state index contributed by atoms with van der Waals surface area (Å²) in [5.41, 5.74) is 2.93. The molecule has 0 atom stereocenters. The van der Waals surface area contributed by atoms with Crippen molar-refractivity contribution in [2.75, 3.05) is 0 Å². The zero-order valence-corrected chi connectivity index (χ0v) is 14.5. The Bertz CT molecular complexity index is 976. The Kier molecular flexibility index (Phi) is 5.37. The maximum Gasteiger partial charge on any atom is 0.343 e. The molecule has 0 unspecified atom stereocenters. The smallest absolute Gasteiger partial charge is 0.343 e. The van der Waals surface area contributed by atoms with E-state index in [4.69, 9.17) is 4.74 Å². The van der Waals surface area contributed by atoms with Crippen LogP contribution in [0, 0.1) is 17.0 Å². The highest BCUT2D eigenvalue weighted by molar-refractivity contribution is 5.92. The first-order valence-corrected chi connectivity index (χ1v) is 8.19. The molecule has 0 amide bonds. The second-order valence-corrected chi connectivity index (χ2v) is 5.86. The number of non-ortho nitro benzene ring substituents is 1. The van der Waals surface area contributed by atoms with E-state index in [1.165, 1.54) is 12.1 Å². The van der Waals surface area contributed by atoms with E-state index in [9.17, 15) is 14.9 Å². The quantitative estimate of drug-likeness (QED) is 0.214. The third-order valence-corrected chi connectivity index (χ3v) is 3.80. The fourth-order valence-corrected chi connectivity index (χ4v) is 2.29. The van der Waals surface area contributed by atoms with Gasteiger partial charge in [0.15, 0.2) is 0 Å². The van der Waals surface area contributed by atoms with Crippen LogP contribution < -0.4 is 4.74 Å². The molecule has 0 spiro atoms. The van der Waals surface area contributed by atoms with Gasteiger partial charge in [-0.1, -0.05) is 29.8 Å². The minimum atomic E-state index is -0.456.